The van der Waals surface area contributed by atoms with E-state index in [-0.39, 0.29) is 6.61 Å². The molecule has 1 aliphatic rings. The Kier molecular flexibility index (Phi) is 4.09. The lowest BCUT2D eigenvalue weighted by Gasteiger charge is -2.22. The molecule has 1 aromatic rings. The van der Waals surface area contributed by atoms with Crippen LogP contribution in [0.2, 0.25) is 15.1 Å². The first kappa shape index (κ1) is 13.3. The van der Waals surface area contributed by atoms with Crippen LogP contribution in [0.25, 0.3) is 0 Å². The number of rotatable bonds is 3. The maximum absolute atomic E-state index is 10.1. The molecule has 1 saturated carbocycles. The highest BCUT2D eigenvalue weighted by Gasteiger charge is 2.32. The van der Waals surface area contributed by atoms with Crippen molar-refractivity contribution < 1.29 is 9.84 Å². The Hall–Kier alpha value is -0.150. The fourth-order valence-corrected chi connectivity index (χ4v) is 2.60. The van der Waals surface area contributed by atoms with Gasteiger partial charge in [0.1, 0.15) is 12.4 Å². The van der Waals surface area contributed by atoms with Crippen LogP contribution in [0, 0.1) is 0 Å². The highest BCUT2D eigenvalue weighted by molar-refractivity contribution is 6.43. The normalized spacial score (nSPS) is 18.4. The Morgan fingerprint density at radius 2 is 1.65 bits per heavy atom. The van der Waals surface area contributed by atoms with Crippen LogP contribution in [-0.2, 0) is 0 Å². The first-order chi connectivity index (χ1) is 8.00. The van der Waals surface area contributed by atoms with Crippen molar-refractivity contribution in [3.8, 4) is 5.75 Å². The second kappa shape index (κ2) is 5.23. The molecule has 0 spiro atoms. The van der Waals surface area contributed by atoms with E-state index in [0.717, 1.165) is 25.7 Å². The molecule has 5 heteroatoms. The first-order valence-electron chi connectivity index (χ1n) is 5.50. The fraction of sp³-hybridized carbons (Fsp3) is 0.500. The second-order valence-corrected chi connectivity index (χ2v) is 5.64. The number of hydrogen-bond acceptors (Lipinski definition) is 2. The minimum absolute atomic E-state index is 0.241. The monoisotopic (exact) mass is 294 g/mol. The van der Waals surface area contributed by atoms with E-state index in [4.69, 9.17) is 39.5 Å². The van der Waals surface area contributed by atoms with Gasteiger partial charge in [-0.1, -0.05) is 47.6 Å². The fourth-order valence-electron chi connectivity index (χ4n) is 2.00. The first-order valence-corrected chi connectivity index (χ1v) is 6.63. The molecular formula is C12H13Cl3O2. The van der Waals surface area contributed by atoms with E-state index < -0.39 is 5.60 Å². The highest BCUT2D eigenvalue weighted by atomic mass is 35.5. The van der Waals surface area contributed by atoms with Crippen molar-refractivity contribution in [1.82, 2.24) is 0 Å². The number of benzene rings is 1. The summed E-state index contributed by atoms with van der Waals surface area (Å²) in [5, 5.41) is 11.3. The van der Waals surface area contributed by atoms with Gasteiger partial charge in [-0.25, -0.2) is 0 Å². The lowest BCUT2D eigenvalue weighted by Crippen LogP contribution is -2.32. The van der Waals surface area contributed by atoms with Gasteiger partial charge in [-0.3, -0.25) is 0 Å². The number of halogens is 3. The molecule has 0 heterocycles. The summed E-state index contributed by atoms with van der Waals surface area (Å²) >= 11 is 17.7. The van der Waals surface area contributed by atoms with E-state index in [1.807, 2.05) is 0 Å². The molecule has 0 radical (unpaired) electrons. The molecule has 0 atom stereocenters. The molecule has 0 amide bonds. The molecule has 1 N–H and O–H groups in total. The van der Waals surface area contributed by atoms with E-state index in [2.05, 4.69) is 0 Å². The van der Waals surface area contributed by atoms with Crippen molar-refractivity contribution in [2.24, 2.45) is 0 Å². The highest BCUT2D eigenvalue weighted by Crippen LogP contribution is 2.36. The van der Waals surface area contributed by atoms with Gasteiger partial charge in [0.2, 0.25) is 0 Å². The average Bonchev–Trinajstić information content (AvgIpc) is 2.69. The lowest BCUT2D eigenvalue weighted by molar-refractivity contribution is 0.00145. The van der Waals surface area contributed by atoms with E-state index in [1.165, 1.54) is 0 Å². The summed E-state index contributed by atoms with van der Waals surface area (Å²) in [5.74, 6) is 0.460. The molecule has 0 bridgehead atoms. The van der Waals surface area contributed by atoms with E-state index in [1.54, 1.807) is 12.1 Å². The maximum Gasteiger partial charge on any atom is 0.139 e. The van der Waals surface area contributed by atoms with Crippen LogP contribution in [0.5, 0.6) is 5.75 Å². The molecule has 0 saturated heterocycles. The summed E-state index contributed by atoms with van der Waals surface area (Å²) in [6, 6.07) is 3.12. The number of aliphatic hydroxyl groups is 1. The molecule has 2 nitrogen and oxygen atoms in total. The third-order valence-electron chi connectivity index (χ3n) is 3.01. The summed E-state index contributed by atoms with van der Waals surface area (Å²) < 4.78 is 5.53. The molecule has 17 heavy (non-hydrogen) atoms. The predicted molar refractivity (Wildman–Crippen MR) is 70.4 cm³/mol. The van der Waals surface area contributed by atoms with Crippen LogP contribution in [0.3, 0.4) is 0 Å². The molecule has 0 aromatic heterocycles. The summed E-state index contributed by atoms with van der Waals surface area (Å²) in [6.45, 7) is 0.241. The number of ether oxygens (including phenoxy) is 1. The van der Waals surface area contributed by atoms with Crippen molar-refractivity contribution in [2.75, 3.05) is 6.61 Å². The van der Waals surface area contributed by atoms with Gasteiger partial charge in [-0.2, -0.15) is 0 Å². The van der Waals surface area contributed by atoms with E-state index in [0.29, 0.717) is 20.8 Å². The van der Waals surface area contributed by atoms with E-state index in [9.17, 15) is 5.11 Å². The minimum atomic E-state index is -0.727. The Bertz CT molecular complexity index is 414. The second-order valence-electron chi connectivity index (χ2n) is 4.42. The van der Waals surface area contributed by atoms with Gasteiger partial charge in [0, 0.05) is 6.07 Å². The topological polar surface area (TPSA) is 29.5 Å². The van der Waals surface area contributed by atoms with Crippen molar-refractivity contribution in [3.05, 3.63) is 27.2 Å². The van der Waals surface area contributed by atoms with E-state index >= 15 is 0 Å². The average molecular weight is 296 g/mol. The standard InChI is InChI=1S/C12H13Cl3O2/c13-8-5-10(15)11(6-9(8)14)17-7-12(16)3-1-2-4-12/h5-6,16H,1-4,7H2. The Balaban J connectivity index is 2.06. The summed E-state index contributed by atoms with van der Waals surface area (Å²) in [4.78, 5) is 0. The van der Waals surface area contributed by atoms with Gasteiger partial charge in [-0.05, 0) is 18.9 Å². The smallest absolute Gasteiger partial charge is 0.139 e. The largest absolute Gasteiger partial charge is 0.489 e. The molecule has 1 fully saturated rings. The quantitative estimate of drug-likeness (QED) is 0.841. The third kappa shape index (κ3) is 3.19. The molecular weight excluding hydrogens is 282 g/mol. The Morgan fingerprint density at radius 3 is 2.29 bits per heavy atom. The summed E-state index contributed by atoms with van der Waals surface area (Å²) in [5.41, 5.74) is -0.727. The molecule has 1 aromatic carbocycles. The van der Waals surface area contributed by atoms with Crippen molar-refractivity contribution in [3.63, 3.8) is 0 Å². The van der Waals surface area contributed by atoms with Crippen LogP contribution < -0.4 is 4.74 Å². The maximum atomic E-state index is 10.1. The van der Waals surface area contributed by atoms with Gasteiger partial charge in [0.25, 0.3) is 0 Å². The van der Waals surface area contributed by atoms with Crippen molar-refractivity contribution >= 4 is 34.8 Å². The molecule has 1 aliphatic carbocycles. The lowest BCUT2D eigenvalue weighted by atomic mass is 10.0. The number of hydrogen-bond donors (Lipinski definition) is 1. The van der Waals surface area contributed by atoms with Crippen molar-refractivity contribution in [2.45, 2.75) is 31.3 Å². The summed E-state index contributed by atoms with van der Waals surface area (Å²) in [6.07, 6.45) is 3.61. The van der Waals surface area contributed by atoms with Gasteiger partial charge < -0.3 is 9.84 Å². The zero-order valence-electron chi connectivity index (χ0n) is 9.18. The zero-order valence-corrected chi connectivity index (χ0v) is 11.4. The zero-order chi connectivity index (χ0) is 12.5. The third-order valence-corrected chi connectivity index (χ3v) is 4.02. The molecule has 0 unspecified atom stereocenters. The van der Waals surface area contributed by atoms with Crippen LogP contribution >= 0.6 is 34.8 Å². The van der Waals surface area contributed by atoms with Crippen LogP contribution in [0.4, 0.5) is 0 Å². The summed E-state index contributed by atoms with van der Waals surface area (Å²) in [7, 11) is 0. The van der Waals surface area contributed by atoms with Crippen LogP contribution in [-0.4, -0.2) is 17.3 Å². The van der Waals surface area contributed by atoms with Crippen LogP contribution in [0.15, 0.2) is 12.1 Å². The van der Waals surface area contributed by atoms with Gasteiger partial charge in [0.05, 0.1) is 20.7 Å². The van der Waals surface area contributed by atoms with Gasteiger partial charge in [0.15, 0.2) is 0 Å². The predicted octanol–water partition coefficient (Wildman–Crippen LogP) is 4.33. The molecule has 0 aliphatic heterocycles. The molecule has 2 rings (SSSR count). The Morgan fingerprint density at radius 1 is 1.06 bits per heavy atom. The minimum Gasteiger partial charge on any atom is -0.489 e. The van der Waals surface area contributed by atoms with Gasteiger partial charge in [-0.15, -0.1) is 0 Å². The SMILES string of the molecule is OC1(COc2cc(Cl)c(Cl)cc2Cl)CCCC1. The van der Waals surface area contributed by atoms with Crippen LogP contribution in [0.1, 0.15) is 25.7 Å². The van der Waals surface area contributed by atoms with Gasteiger partial charge >= 0.3 is 0 Å². The Labute approximate surface area is 115 Å². The molecule has 94 valence electrons. The van der Waals surface area contributed by atoms with Crippen molar-refractivity contribution in [1.29, 1.82) is 0 Å².